The van der Waals surface area contributed by atoms with E-state index >= 15 is 0 Å². The lowest BCUT2D eigenvalue weighted by atomic mass is 10.1. The van der Waals surface area contributed by atoms with Gasteiger partial charge in [0.25, 0.3) is 0 Å². The highest BCUT2D eigenvalue weighted by Crippen LogP contribution is 2.34. The first-order chi connectivity index (χ1) is 9.92. The third kappa shape index (κ3) is 3.38. The number of halogens is 3. The molecule has 6 heteroatoms. The van der Waals surface area contributed by atoms with E-state index < -0.39 is 17.7 Å². The minimum absolute atomic E-state index is 0.0976. The van der Waals surface area contributed by atoms with Crippen molar-refractivity contribution in [1.29, 1.82) is 5.26 Å². The second-order valence-electron chi connectivity index (χ2n) is 4.34. The Balaban J connectivity index is 2.51. The maximum absolute atomic E-state index is 13.7. The van der Waals surface area contributed by atoms with Crippen LogP contribution in [0.4, 0.5) is 8.78 Å². The summed E-state index contributed by atoms with van der Waals surface area (Å²) in [4.78, 5) is 0. The van der Waals surface area contributed by atoms with Crippen molar-refractivity contribution in [2.45, 2.75) is 13.0 Å². The average molecular weight is 354 g/mol. The van der Waals surface area contributed by atoms with Crippen molar-refractivity contribution in [2.75, 3.05) is 0 Å². The van der Waals surface area contributed by atoms with Gasteiger partial charge in [0.15, 0.2) is 11.6 Å². The lowest BCUT2D eigenvalue weighted by Crippen LogP contribution is -1.99. The van der Waals surface area contributed by atoms with Gasteiger partial charge in [0.05, 0.1) is 17.7 Å². The minimum atomic E-state index is -1.14. The summed E-state index contributed by atoms with van der Waals surface area (Å²) < 4.78 is 32.8. The smallest absolute Gasteiger partial charge is 0.201 e. The standard InChI is InChI=1S/C15H10BrF2NO2/c1-8(20)11-3-2-9(7-19)4-13(11)21-14-6-10(16)5-12(17)15(14)18/h2-6,8,20H,1H3/t8-/m1/s1. The highest BCUT2D eigenvalue weighted by atomic mass is 79.9. The summed E-state index contributed by atoms with van der Waals surface area (Å²) in [5.41, 5.74) is 0.652. The molecule has 0 aliphatic heterocycles. The fraction of sp³-hybridized carbons (Fsp3) is 0.133. The second-order valence-corrected chi connectivity index (χ2v) is 5.26. The van der Waals surface area contributed by atoms with Crippen molar-refractivity contribution < 1.29 is 18.6 Å². The van der Waals surface area contributed by atoms with Crippen molar-refractivity contribution >= 4 is 15.9 Å². The Hall–Kier alpha value is -1.97. The number of hydrogen-bond acceptors (Lipinski definition) is 3. The molecular weight excluding hydrogens is 344 g/mol. The van der Waals surface area contributed by atoms with Gasteiger partial charge in [0.2, 0.25) is 5.82 Å². The van der Waals surface area contributed by atoms with E-state index in [9.17, 15) is 13.9 Å². The van der Waals surface area contributed by atoms with Crippen LogP contribution in [-0.4, -0.2) is 5.11 Å². The Labute approximate surface area is 128 Å². The summed E-state index contributed by atoms with van der Waals surface area (Å²) in [6.07, 6.45) is -0.882. The van der Waals surface area contributed by atoms with Gasteiger partial charge in [-0.1, -0.05) is 22.0 Å². The van der Waals surface area contributed by atoms with Gasteiger partial charge in [-0.05, 0) is 31.2 Å². The van der Waals surface area contributed by atoms with Crippen LogP contribution in [0.2, 0.25) is 0 Å². The predicted molar refractivity (Wildman–Crippen MR) is 75.9 cm³/mol. The van der Waals surface area contributed by atoms with Gasteiger partial charge in [-0.25, -0.2) is 4.39 Å². The molecule has 1 atom stereocenters. The number of benzene rings is 2. The Morgan fingerprint density at radius 2 is 1.95 bits per heavy atom. The molecule has 0 bridgehead atoms. The zero-order valence-electron chi connectivity index (χ0n) is 10.9. The molecule has 21 heavy (non-hydrogen) atoms. The number of nitriles is 1. The molecule has 0 aliphatic carbocycles. The number of nitrogens with zero attached hydrogens (tertiary/aromatic N) is 1. The van der Waals surface area contributed by atoms with Crippen LogP contribution in [-0.2, 0) is 0 Å². The topological polar surface area (TPSA) is 53.2 Å². The van der Waals surface area contributed by atoms with E-state index in [0.717, 1.165) is 6.07 Å². The Morgan fingerprint density at radius 3 is 2.57 bits per heavy atom. The van der Waals surface area contributed by atoms with Crippen molar-refractivity contribution in [3.8, 4) is 17.6 Å². The van der Waals surface area contributed by atoms with Crippen LogP contribution in [0.5, 0.6) is 11.5 Å². The SMILES string of the molecule is C[C@@H](O)c1ccc(C#N)cc1Oc1cc(Br)cc(F)c1F. The number of ether oxygens (including phenoxy) is 1. The van der Waals surface area contributed by atoms with E-state index in [1.54, 1.807) is 0 Å². The highest BCUT2D eigenvalue weighted by Gasteiger charge is 2.16. The van der Waals surface area contributed by atoms with Gasteiger partial charge in [0, 0.05) is 10.0 Å². The van der Waals surface area contributed by atoms with E-state index in [0.29, 0.717) is 10.0 Å². The van der Waals surface area contributed by atoms with Crippen LogP contribution >= 0.6 is 15.9 Å². The fourth-order valence-electron chi connectivity index (χ4n) is 1.76. The van der Waals surface area contributed by atoms with Gasteiger partial charge >= 0.3 is 0 Å². The van der Waals surface area contributed by atoms with Crippen LogP contribution in [0.3, 0.4) is 0 Å². The van der Waals surface area contributed by atoms with Crippen LogP contribution in [0, 0.1) is 23.0 Å². The fourth-order valence-corrected chi connectivity index (χ4v) is 2.17. The largest absolute Gasteiger partial charge is 0.454 e. The zero-order valence-corrected chi connectivity index (χ0v) is 12.5. The van der Waals surface area contributed by atoms with Gasteiger partial charge in [0.1, 0.15) is 5.75 Å². The molecule has 1 N–H and O–H groups in total. The maximum Gasteiger partial charge on any atom is 0.201 e. The molecule has 2 rings (SSSR count). The average Bonchev–Trinajstić information content (AvgIpc) is 2.43. The van der Waals surface area contributed by atoms with Crippen LogP contribution in [0.15, 0.2) is 34.8 Å². The third-order valence-corrected chi connectivity index (χ3v) is 3.23. The number of rotatable bonds is 3. The second kappa shape index (κ2) is 6.20. The monoisotopic (exact) mass is 353 g/mol. The Morgan fingerprint density at radius 1 is 1.24 bits per heavy atom. The normalized spacial score (nSPS) is 11.8. The Bertz CT molecular complexity index is 726. The molecule has 0 saturated carbocycles. The lowest BCUT2D eigenvalue weighted by molar-refractivity contribution is 0.195. The summed E-state index contributed by atoms with van der Waals surface area (Å²) in [6, 6.07) is 8.53. The number of hydrogen-bond donors (Lipinski definition) is 1. The molecular formula is C15H10BrF2NO2. The first kappa shape index (κ1) is 15.4. The van der Waals surface area contributed by atoms with E-state index in [2.05, 4.69) is 15.9 Å². The lowest BCUT2D eigenvalue weighted by Gasteiger charge is -2.14. The molecule has 0 aromatic heterocycles. The first-order valence-electron chi connectivity index (χ1n) is 5.97. The van der Waals surface area contributed by atoms with E-state index in [1.165, 1.54) is 31.2 Å². The first-order valence-corrected chi connectivity index (χ1v) is 6.76. The molecule has 108 valence electrons. The summed E-state index contributed by atoms with van der Waals surface area (Å²) in [7, 11) is 0. The third-order valence-electron chi connectivity index (χ3n) is 2.77. The maximum atomic E-state index is 13.7. The molecule has 2 aromatic rings. The van der Waals surface area contributed by atoms with Gasteiger partial charge in [-0.3, -0.25) is 0 Å². The molecule has 0 saturated heterocycles. The van der Waals surface area contributed by atoms with Crippen molar-refractivity contribution in [3.05, 3.63) is 57.6 Å². The number of aliphatic hydroxyl groups excluding tert-OH is 1. The predicted octanol–water partition coefficient (Wildman–Crippen LogP) is 4.44. The summed E-state index contributed by atoms with van der Waals surface area (Å²) >= 11 is 3.05. The van der Waals surface area contributed by atoms with Gasteiger partial charge in [-0.2, -0.15) is 9.65 Å². The van der Waals surface area contributed by atoms with Crippen LogP contribution in [0.25, 0.3) is 0 Å². The van der Waals surface area contributed by atoms with Crippen LogP contribution in [0.1, 0.15) is 24.2 Å². The van der Waals surface area contributed by atoms with E-state index in [4.69, 9.17) is 10.00 Å². The minimum Gasteiger partial charge on any atom is -0.454 e. The van der Waals surface area contributed by atoms with Crippen LogP contribution < -0.4 is 4.74 Å². The summed E-state index contributed by atoms with van der Waals surface area (Å²) in [5.74, 6) is -2.44. The van der Waals surface area contributed by atoms with E-state index in [1.807, 2.05) is 6.07 Å². The van der Waals surface area contributed by atoms with Crippen molar-refractivity contribution in [2.24, 2.45) is 0 Å². The molecule has 0 fully saturated rings. The molecule has 0 amide bonds. The quantitative estimate of drug-likeness (QED) is 0.829. The van der Waals surface area contributed by atoms with Crippen molar-refractivity contribution in [1.82, 2.24) is 0 Å². The van der Waals surface area contributed by atoms with Gasteiger partial charge < -0.3 is 9.84 Å². The van der Waals surface area contributed by atoms with Gasteiger partial charge in [-0.15, -0.1) is 0 Å². The summed E-state index contributed by atoms with van der Waals surface area (Å²) in [6.45, 7) is 1.51. The van der Waals surface area contributed by atoms with E-state index in [-0.39, 0.29) is 17.1 Å². The van der Waals surface area contributed by atoms with Crippen molar-refractivity contribution in [3.63, 3.8) is 0 Å². The molecule has 2 aromatic carbocycles. The molecule has 0 unspecified atom stereocenters. The Kier molecular flexibility index (Phi) is 4.56. The molecule has 0 spiro atoms. The number of aliphatic hydroxyl groups is 1. The molecule has 3 nitrogen and oxygen atoms in total. The molecule has 0 aliphatic rings. The highest BCUT2D eigenvalue weighted by molar-refractivity contribution is 9.10. The zero-order chi connectivity index (χ0) is 15.6. The molecule has 0 heterocycles. The molecule has 0 radical (unpaired) electrons. The summed E-state index contributed by atoms with van der Waals surface area (Å²) in [5, 5.41) is 18.6.